The van der Waals surface area contributed by atoms with E-state index >= 15 is 0 Å². The second kappa shape index (κ2) is 9.60. The molecule has 4 aromatic rings. The number of amides is 1. The van der Waals surface area contributed by atoms with Gasteiger partial charge in [0.05, 0.1) is 23.5 Å². The van der Waals surface area contributed by atoms with Crippen molar-refractivity contribution in [2.24, 2.45) is 0 Å². The van der Waals surface area contributed by atoms with E-state index in [-0.39, 0.29) is 17.7 Å². The summed E-state index contributed by atoms with van der Waals surface area (Å²) in [6, 6.07) is 25.8. The first kappa shape index (κ1) is 21.5. The summed E-state index contributed by atoms with van der Waals surface area (Å²) in [7, 11) is 0. The fourth-order valence-electron chi connectivity index (χ4n) is 3.89. The minimum atomic E-state index is -0.295. The van der Waals surface area contributed by atoms with Gasteiger partial charge in [-0.1, -0.05) is 66.7 Å². The van der Waals surface area contributed by atoms with Crippen molar-refractivity contribution in [2.75, 3.05) is 6.54 Å². The van der Waals surface area contributed by atoms with E-state index in [1.165, 1.54) is 0 Å². The molecule has 0 saturated heterocycles. The van der Waals surface area contributed by atoms with Crippen molar-refractivity contribution in [3.63, 3.8) is 0 Å². The van der Waals surface area contributed by atoms with Crippen LogP contribution in [0, 0.1) is 0 Å². The van der Waals surface area contributed by atoms with E-state index in [0.717, 1.165) is 33.5 Å². The maximum absolute atomic E-state index is 12.5. The van der Waals surface area contributed by atoms with Crippen LogP contribution in [0.25, 0.3) is 22.2 Å². The molecule has 5 nitrogen and oxygen atoms in total. The Morgan fingerprint density at radius 1 is 0.906 bits per heavy atom. The Balaban J connectivity index is 1.37. The van der Waals surface area contributed by atoms with Crippen molar-refractivity contribution < 1.29 is 9.59 Å². The molecule has 0 aliphatic carbocycles. The van der Waals surface area contributed by atoms with Gasteiger partial charge in [0.1, 0.15) is 5.82 Å². The number of hydrogen-bond donors (Lipinski definition) is 1. The number of nitrogens with one attached hydrogen (secondary N) is 1. The average Bonchev–Trinajstić information content (AvgIpc) is 3.17. The van der Waals surface area contributed by atoms with E-state index in [0.29, 0.717) is 19.4 Å². The predicted molar refractivity (Wildman–Crippen MR) is 127 cm³/mol. The monoisotopic (exact) mass is 425 g/mol. The van der Waals surface area contributed by atoms with Crippen molar-refractivity contribution in [1.29, 1.82) is 0 Å². The molecule has 1 unspecified atom stereocenters. The Bertz CT molecular complexity index is 1230. The number of carbonyl (C=O) groups excluding carboxylic acids is 2. The predicted octanol–water partition coefficient (Wildman–Crippen LogP) is 4.75. The molecule has 1 N–H and O–H groups in total. The molecule has 0 saturated carbocycles. The van der Waals surface area contributed by atoms with Crippen LogP contribution in [0.4, 0.5) is 0 Å². The van der Waals surface area contributed by atoms with Gasteiger partial charge in [0, 0.05) is 13.0 Å². The van der Waals surface area contributed by atoms with E-state index < -0.39 is 0 Å². The van der Waals surface area contributed by atoms with Gasteiger partial charge >= 0.3 is 0 Å². The van der Waals surface area contributed by atoms with Crippen LogP contribution in [0.2, 0.25) is 0 Å². The molecule has 162 valence electrons. The van der Waals surface area contributed by atoms with Crippen LogP contribution in [0.15, 0.2) is 78.9 Å². The number of ketones is 1. The summed E-state index contributed by atoms with van der Waals surface area (Å²) >= 11 is 0. The van der Waals surface area contributed by atoms with Crippen molar-refractivity contribution in [1.82, 2.24) is 14.9 Å². The number of aromatic nitrogens is 2. The van der Waals surface area contributed by atoms with E-state index in [9.17, 15) is 9.59 Å². The number of hydrogen-bond acceptors (Lipinski definition) is 3. The minimum absolute atomic E-state index is 0.0280. The lowest BCUT2D eigenvalue weighted by Crippen LogP contribution is -2.28. The molecule has 0 fully saturated rings. The average molecular weight is 426 g/mol. The highest BCUT2D eigenvalue weighted by Gasteiger charge is 2.18. The Kier molecular flexibility index (Phi) is 6.45. The number of nitrogens with zero attached hydrogens (tertiary/aromatic N) is 2. The Morgan fingerprint density at radius 3 is 2.28 bits per heavy atom. The van der Waals surface area contributed by atoms with E-state index in [1.54, 1.807) is 6.92 Å². The molecule has 0 aliphatic rings. The van der Waals surface area contributed by atoms with E-state index in [1.807, 2.05) is 78.2 Å². The van der Waals surface area contributed by atoms with Gasteiger partial charge in [0.15, 0.2) is 5.78 Å². The molecule has 1 heterocycles. The molecule has 1 amide bonds. The number of Topliss-reactive ketones (excluding diaryl/α,β-unsaturated/α-hetero) is 1. The number of benzene rings is 3. The maximum Gasteiger partial charge on any atom is 0.224 e. The van der Waals surface area contributed by atoms with Gasteiger partial charge in [0.2, 0.25) is 5.91 Å². The largest absolute Gasteiger partial charge is 0.355 e. The molecule has 0 aliphatic heterocycles. The smallest absolute Gasteiger partial charge is 0.224 e. The fraction of sp³-hybridized carbons (Fsp3) is 0.222. The van der Waals surface area contributed by atoms with Crippen molar-refractivity contribution >= 4 is 22.7 Å². The summed E-state index contributed by atoms with van der Waals surface area (Å²) < 4.78 is 1.98. The SMILES string of the molecule is CC(=O)C(C)n1c(CCNC(=O)Cc2ccc(-c3ccccc3)cc2)nc2ccccc21. The lowest BCUT2D eigenvalue weighted by molar-refractivity contribution is -0.121. The van der Waals surface area contributed by atoms with Crippen molar-refractivity contribution in [3.05, 3.63) is 90.3 Å². The third-order valence-electron chi connectivity index (χ3n) is 5.74. The minimum Gasteiger partial charge on any atom is -0.355 e. The van der Waals surface area contributed by atoms with Crippen LogP contribution < -0.4 is 5.32 Å². The van der Waals surface area contributed by atoms with E-state index in [4.69, 9.17) is 4.98 Å². The third kappa shape index (κ3) is 4.78. The Hall–Kier alpha value is -3.73. The summed E-state index contributed by atoms with van der Waals surface area (Å²) in [5.41, 5.74) is 5.06. The molecule has 4 rings (SSSR count). The highest BCUT2D eigenvalue weighted by atomic mass is 16.1. The van der Waals surface area contributed by atoms with E-state index in [2.05, 4.69) is 17.4 Å². The van der Waals surface area contributed by atoms with Gasteiger partial charge in [-0.3, -0.25) is 9.59 Å². The molecule has 0 radical (unpaired) electrons. The van der Waals surface area contributed by atoms with Gasteiger partial charge in [-0.05, 0) is 42.7 Å². The second-order valence-electron chi connectivity index (χ2n) is 8.01. The summed E-state index contributed by atoms with van der Waals surface area (Å²) in [5.74, 6) is 0.860. The van der Waals surface area contributed by atoms with Gasteiger partial charge in [-0.25, -0.2) is 4.98 Å². The molecular weight excluding hydrogens is 398 g/mol. The van der Waals surface area contributed by atoms with Gasteiger partial charge in [-0.2, -0.15) is 0 Å². The van der Waals surface area contributed by atoms with Crippen molar-refractivity contribution in [2.45, 2.75) is 32.7 Å². The van der Waals surface area contributed by atoms with Crippen LogP contribution in [-0.4, -0.2) is 27.8 Å². The molecular formula is C27H27N3O2. The molecule has 0 bridgehead atoms. The number of rotatable bonds is 8. The number of carbonyl (C=O) groups is 2. The Morgan fingerprint density at radius 2 is 1.56 bits per heavy atom. The van der Waals surface area contributed by atoms with Crippen LogP contribution in [0.3, 0.4) is 0 Å². The topological polar surface area (TPSA) is 64.0 Å². The summed E-state index contributed by atoms with van der Waals surface area (Å²) in [5, 5.41) is 2.99. The zero-order valence-corrected chi connectivity index (χ0v) is 18.4. The molecule has 0 spiro atoms. The number of imidazole rings is 1. The van der Waals surface area contributed by atoms with Crippen LogP contribution in [0.1, 0.15) is 31.3 Å². The quantitative estimate of drug-likeness (QED) is 0.443. The van der Waals surface area contributed by atoms with Crippen LogP contribution in [-0.2, 0) is 22.4 Å². The van der Waals surface area contributed by atoms with Crippen LogP contribution >= 0.6 is 0 Å². The molecule has 1 atom stereocenters. The zero-order chi connectivity index (χ0) is 22.5. The molecule has 3 aromatic carbocycles. The summed E-state index contributed by atoms with van der Waals surface area (Å²) in [6.07, 6.45) is 0.889. The van der Waals surface area contributed by atoms with Gasteiger partial charge in [0.25, 0.3) is 0 Å². The first-order valence-corrected chi connectivity index (χ1v) is 10.9. The van der Waals surface area contributed by atoms with Gasteiger partial charge < -0.3 is 9.88 Å². The fourth-order valence-corrected chi connectivity index (χ4v) is 3.89. The summed E-state index contributed by atoms with van der Waals surface area (Å²) in [6.45, 7) is 3.95. The molecule has 32 heavy (non-hydrogen) atoms. The van der Waals surface area contributed by atoms with Gasteiger partial charge in [-0.15, -0.1) is 0 Å². The number of fused-ring (bicyclic) bond motifs is 1. The standard InChI is InChI=1S/C27H27N3O2/c1-19(20(2)31)30-25-11-7-6-10-24(25)29-26(30)16-17-28-27(32)18-21-12-14-23(15-13-21)22-8-4-3-5-9-22/h3-15,19H,16-18H2,1-2H3,(H,28,32). The zero-order valence-electron chi connectivity index (χ0n) is 18.4. The van der Waals surface area contributed by atoms with Crippen LogP contribution in [0.5, 0.6) is 0 Å². The lowest BCUT2D eigenvalue weighted by atomic mass is 10.0. The second-order valence-corrected chi connectivity index (χ2v) is 8.01. The normalized spacial score (nSPS) is 11.9. The number of para-hydroxylation sites is 2. The third-order valence-corrected chi connectivity index (χ3v) is 5.74. The Labute approximate surface area is 188 Å². The highest BCUT2D eigenvalue weighted by Crippen LogP contribution is 2.22. The maximum atomic E-state index is 12.5. The summed E-state index contributed by atoms with van der Waals surface area (Å²) in [4.78, 5) is 29.2. The van der Waals surface area contributed by atoms with Crippen molar-refractivity contribution in [3.8, 4) is 11.1 Å². The molecule has 5 heteroatoms. The molecule has 1 aromatic heterocycles. The first-order valence-electron chi connectivity index (χ1n) is 10.9. The first-order chi connectivity index (χ1) is 15.5. The lowest BCUT2D eigenvalue weighted by Gasteiger charge is -2.15. The highest BCUT2D eigenvalue weighted by molar-refractivity contribution is 5.84.